The quantitative estimate of drug-likeness (QED) is 0.864. The zero-order valence-electron chi connectivity index (χ0n) is 10.5. The van der Waals surface area contributed by atoms with E-state index in [1.165, 1.54) is 12.1 Å². The summed E-state index contributed by atoms with van der Waals surface area (Å²) in [6.07, 6.45) is 2.36. The van der Waals surface area contributed by atoms with Gasteiger partial charge in [0.15, 0.2) is 0 Å². The first-order valence-electron chi connectivity index (χ1n) is 6.48. The smallest absolute Gasteiger partial charge is 0.226 e. The van der Waals surface area contributed by atoms with Crippen LogP contribution in [0.25, 0.3) is 0 Å². The second kappa shape index (κ2) is 6.50. The Balaban J connectivity index is 1.91. The minimum Gasteiger partial charge on any atom is -0.342 e. The summed E-state index contributed by atoms with van der Waals surface area (Å²) in [4.78, 5) is 14.1. The summed E-state index contributed by atoms with van der Waals surface area (Å²) in [5.74, 6) is -0.118. The van der Waals surface area contributed by atoms with Gasteiger partial charge < -0.3 is 10.2 Å². The molecule has 0 unspecified atom stereocenters. The van der Waals surface area contributed by atoms with Crippen molar-refractivity contribution in [1.29, 1.82) is 0 Å². The van der Waals surface area contributed by atoms with Crippen LogP contribution in [0.2, 0.25) is 0 Å². The van der Waals surface area contributed by atoms with Gasteiger partial charge in [0.1, 0.15) is 5.82 Å². The highest BCUT2D eigenvalue weighted by molar-refractivity contribution is 5.78. The van der Waals surface area contributed by atoms with Gasteiger partial charge in [0.2, 0.25) is 5.91 Å². The van der Waals surface area contributed by atoms with Crippen LogP contribution in [0.4, 0.5) is 4.39 Å². The van der Waals surface area contributed by atoms with Gasteiger partial charge in [0, 0.05) is 13.1 Å². The minimum atomic E-state index is -0.261. The maximum Gasteiger partial charge on any atom is 0.226 e. The number of rotatable bonds is 2. The molecule has 0 bridgehead atoms. The standard InChI is InChI=1S/C14H19FN2O/c15-13-5-3-12(4-6-13)11-14(18)17-9-1-7-16-8-2-10-17/h3-6,16H,1-2,7-11H2. The molecule has 3 nitrogen and oxygen atoms in total. The van der Waals surface area contributed by atoms with Gasteiger partial charge in [-0.2, -0.15) is 0 Å². The molecule has 98 valence electrons. The van der Waals surface area contributed by atoms with Crippen molar-refractivity contribution in [3.8, 4) is 0 Å². The average Bonchev–Trinajstić information content (AvgIpc) is 2.31. The molecule has 1 aliphatic heterocycles. The van der Waals surface area contributed by atoms with Gasteiger partial charge in [-0.15, -0.1) is 0 Å². The van der Waals surface area contributed by atoms with E-state index >= 15 is 0 Å². The molecule has 18 heavy (non-hydrogen) atoms. The predicted octanol–water partition coefficient (Wildman–Crippen LogP) is 1.58. The molecule has 0 spiro atoms. The van der Waals surface area contributed by atoms with Crippen molar-refractivity contribution in [2.24, 2.45) is 0 Å². The third-order valence-corrected chi connectivity index (χ3v) is 3.18. The lowest BCUT2D eigenvalue weighted by Gasteiger charge is -2.25. The molecule has 1 saturated heterocycles. The Kier molecular flexibility index (Phi) is 4.70. The summed E-state index contributed by atoms with van der Waals surface area (Å²) in [6, 6.07) is 6.16. The van der Waals surface area contributed by atoms with Crippen molar-refractivity contribution >= 4 is 5.91 Å². The first kappa shape index (κ1) is 13.0. The Bertz CT molecular complexity index is 383. The zero-order chi connectivity index (χ0) is 12.8. The SMILES string of the molecule is O=C(Cc1ccc(F)cc1)N1CCCNCCC1. The van der Waals surface area contributed by atoms with E-state index < -0.39 is 0 Å². The van der Waals surface area contributed by atoms with Gasteiger partial charge >= 0.3 is 0 Å². The Labute approximate surface area is 107 Å². The topological polar surface area (TPSA) is 32.3 Å². The molecule has 2 rings (SSSR count). The average molecular weight is 250 g/mol. The molecule has 1 heterocycles. The fourth-order valence-corrected chi connectivity index (χ4v) is 2.16. The van der Waals surface area contributed by atoms with E-state index in [4.69, 9.17) is 0 Å². The van der Waals surface area contributed by atoms with Crippen molar-refractivity contribution in [3.63, 3.8) is 0 Å². The lowest BCUT2D eigenvalue weighted by Crippen LogP contribution is -2.38. The first-order chi connectivity index (χ1) is 8.75. The van der Waals surface area contributed by atoms with Crippen LogP contribution < -0.4 is 5.32 Å². The summed E-state index contributed by atoms with van der Waals surface area (Å²) < 4.78 is 12.8. The van der Waals surface area contributed by atoms with Gasteiger partial charge in [-0.3, -0.25) is 4.79 Å². The number of carbonyl (C=O) groups excluding carboxylic acids is 1. The largest absolute Gasteiger partial charge is 0.342 e. The number of carbonyl (C=O) groups is 1. The highest BCUT2D eigenvalue weighted by atomic mass is 19.1. The predicted molar refractivity (Wildman–Crippen MR) is 68.8 cm³/mol. The fraction of sp³-hybridized carbons (Fsp3) is 0.500. The Morgan fingerprint density at radius 1 is 1.17 bits per heavy atom. The van der Waals surface area contributed by atoms with Crippen LogP contribution in [-0.4, -0.2) is 37.0 Å². The van der Waals surface area contributed by atoms with Crippen molar-refractivity contribution in [3.05, 3.63) is 35.6 Å². The Morgan fingerprint density at radius 3 is 2.39 bits per heavy atom. The molecular weight excluding hydrogens is 231 g/mol. The summed E-state index contributed by atoms with van der Waals surface area (Å²) in [5, 5.41) is 3.32. The molecule has 4 heteroatoms. The summed E-state index contributed by atoms with van der Waals surface area (Å²) in [5.41, 5.74) is 0.876. The van der Waals surface area contributed by atoms with Gasteiger partial charge in [0.05, 0.1) is 6.42 Å². The molecule has 1 aromatic carbocycles. The van der Waals surface area contributed by atoms with E-state index in [-0.39, 0.29) is 11.7 Å². The second-order valence-electron chi connectivity index (χ2n) is 4.64. The number of amides is 1. The van der Waals surface area contributed by atoms with E-state index in [1.54, 1.807) is 12.1 Å². The van der Waals surface area contributed by atoms with Crippen molar-refractivity contribution in [2.75, 3.05) is 26.2 Å². The van der Waals surface area contributed by atoms with E-state index in [2.05, 4.69) is 5.32 Å². The zero-order valence-corrected chi connectivity index (χ0v) is 10.5. The van der Waals surface area contributed by atoms with E-state index in [0.29, 0.717) is 6.42 Å². The fourth-order valence-electron chi connectivity index (χ4n) is 2.16. The van der Waals surface area contributed by atoms with Crippen LogP contribution >= 0.6 is 0 Å². The van der Waals surface area contributed by atoms with Gasteiger partial charge in [-0.05, 0) is 43.6 Å². The van der Waals surface area contributed by atoms with Crippen LogP contribution in [-0.2, 0) is 11.2 Å². The molecule has 1 fully saturated rings. The van der Waals surface area contributed by atoms with Gasteiger partial charge in [0.25, 0.3) is 0 Å². The Morgan fingerprint density at radius 2 is 1.78 bits per heavy atom. The third-order valence-electron chi connectivity index (χ3n) is 3.18. The second-order valence-corrected chi connectivity index (χ2v) is 4.64. The van der Waals surface area contributed by atoms with Crippen LogP contribution in [0, 0.1) is 5.82 Å². The first-order valence-corrected chi connectivity index (χ1v) is 6.48. The molecule has 1 aliphatic rings. The number of nitrogens with zero attached hydrogens (tertiary/aromatic N) is 1. The van der Waals surface area contributed by atoms with Gasteiger partial charge in [-0.25, -0.2) is 4.39 Å². The molecule has 0 atom stereocenters. The minimum absolute atomic E-state index is 0.142. The van der Waals surface area contributed by atoms with Crippen LogP contribution in [0.1, 0.15) is 18.4 Å². The van der Waals surface area contributed by atoms with E-state index in [1.807, 2.05) is 4.90 Å². The molecule has 0 saturated carbocycles. The molecule has 1 aromatic rings. The van der Waals surface area contributed by atoms with Crippen molar-refractivity contribution in [2.45, 2.75) is 19.3 Å². The van der Waals surface area contributed by atoms with E-state index in [0.717, 1.165) is 44.6 Å². The summed E-state index contributed by atoms with van der Waals surface area (Å²) >= 11 is 0. The number of halogens is 1. The molecular formula is C14H19FN2O. The number of hydrogen-bond donors (Lipinski definition) is 1. The highest BCUT2D eigenvalue weighted by Crippen LogP contribution is 2.07. The summed E-state index contributed by atoms with van der Waals surface area (Å²) in [6.45, 7) is 3.57. The monoisotopic (exact) mass is 250 g/mol. The van der Waals surface area contributed by atoms with Crippen LogP contribution in [0.3, 0.4) is 0 Å². The molecule has 1 amide bonds. The molecule has 0 aliphatic carbocycles. The van der Waals surface area contributed by atoms with Crippen LogP contribution in [0.5, 0.6) is 0 Å². The molecule has 0 aromatic heterocycles. The molecule has 0 radical (unpaired) electrons. The number of benzene rings is 1. The highest BCUT2D eigenvalue weighted by Gasteiger charge is 2.14. The lowest BCUT2D eigenvalue weighted by molar-refractivity contribution is -0.130. The van der Waals surface area contributed by atoms with E-state index in [9.17, 15) is 9.18 Å². The lowest BCUT2D eigenvalue weighted by atomic mass is 10.1. The summed E-state index contributed by atoms with van der Waals surface area (Å²) in [7, 11) is 0. The van der Waals surface area contributed by atoms with Crippen molar-refractivity contribution in [1.82, 2.24) is 10.2 Å². The number of nitrogens with one attached hydrogen (secondary N) is 1. The maximum absolute atomic E-state index is 12.8. The van der Waals surface area contributed by atoms with Crippen molar-refractivity contribution < 1.29 is 9.18 Å². The normalized spacial score (nSPS) is 17.1. The third kappa shape index (κ3) is 3.81. The maximum atomic E-state index is 12.8. The Hall–Kier alpha value is -1.42. The molecule has 1 N–H and O–H groups in total. The number of hydrogen-bond acceptors (Lipinski definition) is 2. The van der Waals surface area contributed by atoms with Crippen LogP contribution in [0.15, 0.2) is 24.3 Å². The van der Waals surface area contributed by atoms with Gasteiger partial charge in [-0.1, -0.05) is 12.1 Å².